The van der Waals surface area contributed by atoms with Crippen LogP contribution in [0.25, 0.3) is 11.4 Å². The topological polar surface area (TPSA) is 102 Å². The molecule has 2 amide bonds. The molecule has 0 bridgehead atoms. The zero-order valence-corrected chi connectivity index (χ0v) is 17.0. The largest absolute Gasteiger partial charge is 0.326 e. The average molecular weight is 413 g/mol. The molecule has 2 aromatic carbocycles. The first-order valence-electron chi connectivity index (χ1n) is 9.08. The molecule has 2 N–H and O–H groups in total. The Morgan fingerprint density at radius 2 is 1.79 bits per heavy atom. The molecule has 1 atom stereocenters. The van der Waals surface area contributed by atoms with Crippen LogP contribution in [0.1, 0.15) is 26.8 Å². The first-order valence-corrected chi connectivity index (χ1v) is 9.46. The third kappa shape index (κ3) is 4.97. The summed E-state index contributed by atoms with van der Waals surface area (Å²) in [5, 5.41) is 18.3. The third-order valence-electron chi connectivity index (χ3n) is 4.16. The van der Waals surface area contributed by atoms with Crippen molar-refractivity contribution in [2.24, 2.45) is 5.92 Å². The zero-order chi connectivity index (χ0) is 21.0. The lowest BCUT2D eigenvalue weighted by Gasteiger charge is -2.19. The Balaban J connectivity index is 1.80. The molecule has 0 fully saturated rings. The number of benzene rings is 2. The van der Waals surface area contributed by atoms with Crippen LogP contribution in [0.2, 0.25) is 5.02 Å². The van der Waals surface area contributed by atoms with Gasteiger partial charge in [0.2, 0.25) is 11.7 Å². The number of tetrazole rings is 1. The number of carbonyl (C=O) groups excluding carboxylic acids is 2. The van der Waals surface area contributed by atoms with Crippen molar-refractivity contribution in [2.45, 2.75) is 26.8 Å². The molecule has 1 heterocycles. The van der Waals surface area contributed by atoms with Crippen LogP contribution in [0.3, 0.4) is 0 Å². The molecular formula is C20H21ClN6O2. The molecular weight excluding hydrogens is 392 g/mol. The molecule has 1 aromatic heterocycles. The summed E-state index contributed by atoms with van der Waals surface area (Å²) in [6.07, 6.45) is 0. The van der Waals surface area contributed by atoms with Gasteiger partial charge in [0.25, 0.3) is 5.91 Å². The van der Waals surface area contributed by atoms with Crippen molar-refractivity contribution in [1.29, 1.82) is 0 Å². The summed E-state index contributed by atoms with van der Waals surface area (Å²) in [5.41, 5.74) is 1.80. The maximum atomic E-state index is 12.9. The summed E-state index contributed by atoms with van der Waals surface area (Å²) in [4.78, 5) is 25.4. The van der Waals surface area contributed by atoms with Crippen LogP contribution < -0.4 is 10.6 Å². The van der Waals surface area contributed by atoms with Crippen LogP contribution >= 0.6 is 11.6 Å². The number of halogens is 1. The number of anilines is 2. The van der Waals surface area contributed by atoms with Gasteiger partial charge in [-0.15, -0.1) is 10.2 Å². The summed E-state index contributed by atoms with van der Waals surface area (Å²) in [6.45, 7) is 5.21. The Morgan fingerprint density at radius 1 is 1.07 bits per heavy atom. The average Bonchev–Trinajstić information content (AvgIpc) is 3.13. The molecule has 0 saturated carbocycles. The summed E-state index contributed by atoms with van der Waals surface area (Å²) >= 11 is 6.25. The lowest BCUT2D eigenvalue weighted by molar-refractivity contribution is -0.121. The monoisotopic (exact) mass is 412 g/mol. The van der Waals surface area contributed by atoms with Gasteiger partial charge in [-0.2, -0.15) is 4.80 Å². The summed E-state index contributed by atoms with van der Waals surface area (Å²) in [5.74, 6) is -0.164. The first kappa shape index (κ1) is 20.5. The number of nitrogens with one attached hydrogen (secondary N) is 2. The van der Waals surface area contributed by atoms with Crippen molar-refractivity contribution >= 4 is 34.8 Å². The number of aromatic nitrogens is 4. The lowest BCUT2D eigenvalue weighted by atomic mass is 10.0. The summed E-state index contributed by atoms with van der Waals surface area (Å²) < 4.78 is 0. The SMILES string of the molecule is CC(=O)Nc1ccc(NC(=O)C(C(C)C)n2nnc(-c3ccccc3)n2)c(Cl)c1. The van der Waals surface area contributed by atoms with Gasteiger partial charge in [-0.1, -0.05) is 55.8 Å². The van der Waals surface area contributed by atoms with Crippen LogP contribution in [0.15, 0.2) is 48.5 Å². The molecule has 0 spiro atoms. The molecule has 0 aliphatic carbocycles. The van der Waals surface area contributed by atoms with Gasteiger partial charge in [-0.3, -0.25) is 9.59 Å². The van der Waals surface area contributed by atoms with Crippen molar-refractivity contribution in [1.82, 2.24) is 20.2 Å². The van der Waals surface area contributed by atoms with E-state index in [1.165, 1.54) is 11.7 Å². The number of amides is 2. The quantitative estimate of drug-likeness (QED) is 0.641. The van der Waals surface area contributed by atoms with Gasteiger partial charge in [0.15, 0.2) is 6.04 Å². The number of carbonyl (C=O) groups is 2. The third-order valence-corrected chi connectivity index (χ3v) is 4.47. The van der Waals surface area contributed by atoms with Crippen molar-refractivity contribution < 1.29 is 9.59 Å². The number of nitrogens with zero attached hydrogens (tertiary/aromatic N) is 4. The summed E-state index contributed by atoms with van der Waals surface area (Å²) in [7, 11) is 0. The van der Waals surface area contributed by atoms with E-state index in [0.29, 0.717) is 22.2 Å². The van der Waals surface area contributed by atoms with Gasteiger partial charge in [0.1, 0.15) is 0 Å². The molecule has 0 radical (unpaired) electrons. The van der Waals surface area contributed by atoms with E-state index in [2.05, 4.69) is 26.0 Å². The molecule has 9 heteroatoms. The Labute approximate surface area is 173 Å². The van der Waals surface area contributed by atoms with Gasteiger partial charge in [-0.05, 0) is 29.3 Å². The number of rotatable bonds is 6. The van der Waals surface area contributed by atoms with E-state index in [9.17, 15) is 9.59 Å². The maximum Gasteiger partial charge on any atom is 0.251 e. The van der Waals surface area contributed by atoms with E-state index in [0.717, 1.165) is 5.56 Å². The molecule has 1 unspecified atom stereocenters. The van der Waals surface area contributed by atoms with Crippen LogP contribution in [-0.2, 0) is 9.59 Å². The standard InChI is InChI=1S/C20H21ClN6O2/c1-12(2)18(27-25-19(24-26-27)14-7-5-4-6-8-14)20(29)23-17-10-9-15(11-16(17)21)22-13(3)28/h4-12,18H,1-3H3,(H,22,28)(H,23,29). The van der Waals surface area contributed by atoms with Crippen molar-refractivity contribution in [3.05, 3.63) is 53.6 Å². The number of hydrogen-bond donors (Lipinski definition) is 2. The van der Waals surface area contributed by atoms with E-state index in [1.54, 1.807) is 18.2 Å². The normalized spacial score (nSPS) is 11.9. The van der Waals surface area contributed by atoms with Gasteiger partial charge in [0, 0.05) is 18.2 Å². The fraction of sp³-hybridized carbons (Fsp3) is 0.250. The minimum atomic E-state index is -0.675. The molecule has 3 aromatic rings. The molecule has 0 saturated heterocycles. The van der Waals surface area contributed by atoms with Gasteiger partial charge in [-0.25, -0.2) is 0 Å². The molecule has 3 rings (SSSR count). The predicted molar refractivity (Wildman–Crippen MR) is 112 cm³/mol. The zero-order valence-electron chi connectivity index (χ0n) is 16.3. The van der Waals surface area contributed by atoms with Gasteiger partial charge < -0.3 is 10.6 Å². The highest BCUT2D eigenvalue weighted by Gasteiger charge is 2.27. The second-order valence-corrected chi connectivity index (χ2v) is 7.26. The second-order valence-electron chi connectivity index (χ2n) is 6.85. The van der Waals surface area contributed by atoms with Crippen molar-refractivity contribution in [2.75, 3.05) is 10.6 Å². The van der Waals surface area contributed by atoms with Crippen molar-refractivity contribution in [3.8, 4) is 11.4 Å². The van der Waals surface area contributed by atoms with Crippen LogP contribution in [0.4, 0.5) is 11.4 Å². The molecule has 0 aliphatic rings. The minimum absolute atomic E-state index is 0.0924. The maximum absolute atomic E-state index is 12.9. The smallest absolute Gasteiger partial charge is 0.251 e. The molecule has 8 nitrogen and oxygen atoms in total. The molecule has 150 valence electrons. The highest BCUT2D eigenvalue weighted by molar-refractivity contribution is 6.34. The molecule has 0 aliphatic heterocycles. The first-order chi connectivity index (χ1) is 13.8. The van der Waals surface area contributed by atoms with Crippen LogP contribution in [0.5, 0.6) is 0 Å². The van der Waals surface area contributed by atoms with Gasteiger partial charge in [0.05, 0.1) is 10.7 Å². The minimum Gasteiger partial charge on any atom is -0.326 e. The highest BCUT2D eigenvalue weighted by atomic mass is 35.5. The Morgan fingerprint density at radius 3 is 2.41 bits per heavy atom. The van der Waals surface area contributed by atoms with E-state index < -0.39 is 6.04 Å². The Hall–Kier alpha value is -3.26. The highest BCUT2D eigenvalue weighted by Crippen LogP contribution is 2.27. The van der Waals surface area contributed by atoms with Crippen LogP contribution in [-0.4, -0.2) is 32.0 Å². The van der Waals surface area contributed by atoms with E-state index in [1.807, 2.05) is 44.2 Å². The lowest BCUT2D eigenvalue weighted by Crippen LogP contribution is -2.31. The van der Waals surface area contributed by atoms with E-state index >= 15 is 0 Å². The predicted octanol–water partition coefficient (Wildman–Crippen LogP) is 3.79. The number of hydrogen-bond acceptors (Lipinski definition) is 5. The summed E-state index contributed by atoms with van der Waals surface area (Å²) in [6, 6.07) is 13.6. The molecule has 29 heavy (non-hydrogen) atoms. The van der Waals surface area contributed by atoms with E-state index in [4.69, 9.17) is 11.6 Å². The van der Waals surface area contributed by atoms with E-state index in [-0.39, 0.29) is 17.7 Å². The fourth-order valence-corrected chi connectivity index (χ4v) is 3.05. The van der Waals surface area contributed by atoms with Gasteiger partial charge >= 0.3 is 0 Å². The van der Waals surface area contributed by atoms with Crippen molar-refractivity contribution in [3.63, 3.8) is 0 Å². The van der Waals surface area contributed by atoms with Crippen LogP contribution in [0, 0.1) is 5.92 Å². The Kier molecular flexibility index (Phi) is 6.23. The second kappa shape index (κ2) is 8.83. The fourth-order valence-electron chi connectivity index (χ4n) is 2.82. The Bertz CT molecular complexity index is 1020.